The summed E-state index contributed by atoms with van der Waals surface area (Å²) in [6.45, 7) is 7.76. The van der Waals surface area contributed by atoms with Crippen LogP contribution in [-0.4, -0.2) is 46.9 Å². The van der Waals surface area contributed by atoms with Gasteiger partial charge in [0.25, 0.3) is 5.91 Å². The molecule has 0 radical (unpaired) electrons. The minimum atomic E-state index is -0.655. The van der Waals surface area contributed by atoms with Gasteiger partial charge < -0.3 is 15.2 Å². The first-order valence-electron chi connectivity index (χ1n) is 9.19. The fourth-order valence-corrected chi connectivity index (χ4v) is 3.07. The van der Waals surface area contributed by atoms with E-state index in [-0.39, 0.29) is 19.1 Å². The SMILES string of the molecule is Cc1ccc(-c2cc(C(=O)NCC(C)O)cc(N3C(=O)OCC3(C)C)c2)nc1. The van der Waals surface area contributed by atoms with Gasteiger partial charge in [-0.15, -0.1) is 0 Å². The van der Waals surface area contributed by atoms with Crippen LogP contribution in [0.1, 0.15) is 36.7 Å². The van der Waals surface area contributed by atoms with Crippen LogP contribution in [0, 0.1) is 6.92 Å². The van der Waals surface area contributed by atoms with Crippen LogP contribution in [0.4, 0.5) is 10.5 Å². The van der Waals surface area contributed by atoms with Gasteiger partial charge in [-0.2, -0.15) is 0 Å². The summed E-state index contributed by atoms with van der Waals surface area (Å²) >= 11 is 0. The van der Waals surface area contributed by atoms with Gasteiger partial charge in [0.1, 0.15) is 6.61 Å². The number of aromatic nitrogens is 1. The van der Waals surface area contributed by atoms with Crippen LogP contribution in [0.5, 0.6) is 0 Å². The van der Waals surface area contributed by atoms with Crippen molar-refractivity contribution in [3.63, 3.8) is 0 Å². The number of hydrogen-bond acceptors (Lipinski definition) is 5. The molecular weight excluding hydrogens is 358 g/mol. The van der Waals surface area contributed by atoms with Crippen molar-refractivity contribution >= 4 is 17.7 Å². The lowest BCUT2D eigenvalue weighted by Gasteiger charge is -2.28. The van der Waals surface area contributed by atoms with Crippen LogP contribution < -0.4 is 10.2 Å². The van der Waals surface area contributed by atoms with E-state index in [0.29, 0.717) is 16.9 Å². The lowest BCUT2D eigenvalue weighted by Crippen LogP contribution is -2.42. The summed E-state index contributed by atoms with van der Waals surface area (Å²) in [4.78, 5) is 30.9. The third kappa shape index (κ3) is 4.14. The number of nitrogens with one attached hydrogen (secondary N) is 1. The molecule has 1 unspecified atom stereocenters. The minimum Gasteiger partial charge on any atom is -0.447 e. The maximum atomic E-state index is 12.6. The lowest BCUT2D eigenvalue weighted by atomic mass is 10.0. The van der Waals surface area contributed by atoms with Gasteiger partial charge in [-0.3, -0.25) is 14.7 Å². The van der Waals surface area contributed by atoms with Crippen molar-refractivity contribution in [2.45, 2.75) is 39.3 Å². The third-order valence-corrected chi connectivity index (χ3v) is 4.54. The Balaban J connectivity index is 2.07. The summed E-state index contributed by atoms with van der Waals surface area (Å²) in [6, 6.07) is 9.03. The first kappa shape index (κ1) is 19.8. The second-order valence-corrected chi connectivity index (χ2v) is 7.75. The number of rotatable bonds is 5. The van der Waals surface area contributed by atoms with E-state index in [4.69, 9.17) is 4.74 Å². The Morgan fingerprint density at radius 3 is 2.68 bits per heavy atom. The Labute approximate surface area is 164 Å². The summed E-state index contributed by atoms with van der Waals surface area (Å²) < 4.78 is 5.21. The number of aliphatic hydroxyl groups is 1. The molecule has 28 heavy (non-hydrogen) atoms. The van der Waals surface area contributed by atoms with Gasteiger partial charge in [0.05, 0.1) is 17.3 Å². The van der Waals surface area contributed by atoms with Crippen molar-refractivity contribution in [2.75, 3.05) is 18.1 Å². The van der Waals surface area contributed by atoms with Crippen LogP contribution in [0.15, 0.2) is 36.5 Å². The summed E-state index contributed by atoms with van der Waals surface area (Å²) in [5.41, 5.74) is 2.85. The number of amides is 2. The molecule has 2 amide bonds. The predicted octanol–water partition coefficient (Wildman–Crippen LogP) is 2.90. The molecule has 0 spiro atoms. The zero-order valence-electron chi connectivity index (χ0n) is 16.5. The predicted molar refractivity (Wildman–Crippen MR) is 106 cm³/mol. The second-order valence-electron chi connectivity index (χ2n) is 7.75. The number of aryl methyl sites for hydroxylation is 1. The summed E-state index contributed by atoms with van der Waals surface area (Å²) in [7, 11) is 0. The summed E-state index contributed by atoms with van der Waals surface area (Å²) in [6.07, 6.45) is 0.649. The highest BCUT2D eigenvalue weighted by Crippen LogP contribution is 2.34. The normalized spacial score (nSPS) is 16.6. The molecular formula is C21H25N3O4. The van der Waals surface area contributed by atoms with E-state index >= 15 is 0 Å². The topological polar surface area (TPSA) is 91.8 Å². The molecule has 148 valence electrons. The van der Waals surface area contributed by atoms with E-state index in [1.807, 2.05) is 39.0 Å². The fourth-order valence-electron chi connectivity index (χ4n) is 3.07. The number of carbonyl (C=O) groups excluding carboxylic acids is 2. The van der Waals surface area contributed by atoms with Crippen molar-refractivity contribution in [1.29, 1.82) is 0 Å². The Kier molecular flexibility index (Phi) is 5.38. The molecule has 1 saturated heterocycles. The van der Waals surface area contributed by atoms with Crippen molar-refractivity contribution < 1.29 is 19.4 Å². The number of hydrogen-bond donors (Lipinski definition) is 2. The van der Waals surface area contributed by atoms with E-state index in [1.54, 1.807) is 30.2 Å². The number of ether oxygens (including phenoxy) is 1. The maximum absolute atomic E-state index is 12.6. The Morgan fingerprint density at radius 2 is 2.11 bits per heavy atom. The molecule has 2 N–H and O–H groups in total. The average Bonchev–Trinajstić information content (AvgIpc) is 2.92. The monoisotopic (exact) mass is 383 g/mol. The van der Waals surface area contributed by atoms with Gasteiger partial charge >= 0.3 is 6.09 Å². The van der Waals surface area contributed by atoms with Gasteiger partial charge in [0.15, 0.2) is 0 Å². The van der Waals surface area contributed by atoms with Gasteiger partial charge in [-0.05, 0) is 57.5 Å². The Bertz CT molecular complexity index is 891. The standard InChI is InChI=1S/C21H25N3O4/c1-13-5-6-18(22-10-13)15-7-16(19(26)23-11-14(2)25)9-17(8-15)24-20(27)28-12-21(24,3)4/h5-10,14,25H,11-12H2,1-4H3,(H,23,26). The number of anilines is 1. The first-order chi connectivity index (χ1) is 13.2. The molecule has 1 aromatic heterocycles. The van der Waals surface area contributed by atoms with Crippen LogP contribution in [0.2, 0.25) is 0 Å². The molecule has 7 nitrogen and oxygen atoms in total. The van der Waals surface area contributed by atoms with Crippen molar-refractivity contribution in [1.82, 2.24) is 10.3 Å². The quantitative estimate of drug-likeness (QED) is 0.828. The largest absolute Gasteiger partial charge is 0.447 e. The van der Waals surface area contributed by atoms with Crippen molar-refractivity contribution in [3.8, 4) is 11.3 Å². The molecule has 1 aliphatic heterocycles. The maximum Gasteiger partial charge on any atom is 0.414 e. The number of nitrogens with zero attached hydrogens (tertiary/aromatic N) is 2. The zero-order chi connectivity index (χ0) is 20.5. The fraction of sp³-hybridized carbons (Fsp3) is 0.381. The molecule has 2 aromatic rings. The highest BCUT2D eigenvalue weighted by atomic mass is 16.6. The van der Waals surface area contributed by atoms with E-state index in [9.17, 15) is 14.7 Å². The van der Waals surface area contributed by atoms with Gasteiger partial charge in [0.2, 0.25) is 0 Å². The van der Waals surface area contributed by atoms with Crippen LogP contribution >= 0.6 is 0 Å². The minimum absolute atomic E-state index is 0.137. The molecule has 0 saturated carbocycles. The highest BCUT2D eigenvalue weighted by molar-refractivity contribution is 5.99. The highest BCUT2D eigenvalue weighted by Gasteiger charge is 2.41. The average molecular weight is 383 g/mol. The molecule has 1 fully saturated rings. The molecule has 1 aliphatic rings. The number of pyridine rings is 1. The Hall–Kier alpha value is -2.93. The summed E-state index contributed by atoms with van der Waals surface area (Å²) in [5.74, 6) is -0.332. The summed E-state index contributed by atoms with van der Waals surface area (Å²) in [5, 5.41) is 12.1. The number of carbonyl (C=O) groups is 2. The van der Waals surface area contributed by atoms with E-state index in [2.05, 4.69) is 10.3 Å². The second kappa shape index (κ2) is 7.59. The zero-order valence-corrected chi connectivity index (χ0v) is 16.5. The van der Waals surface area contributed by atoms with E-state index in [0.717, 1.165) is 11.1 Å². The first-order valence-corrected chi connectivity index (χ1v) is 9.19. The smallest absolute Gasteiger partial charge is 0.414 e. The molecule has 2 heterocycles. The number of benzene rings is 1. The van der Waals surface area contributed by atoms with Crippen molar-refractivity contribution in [3.05, 3.63) is 47.7 Å². The van der Waals surface area contributed by atoms with Gasteiger partial charge in [-0.1, -0.05) is 6.07 Å². The van der Waals surface area contributed by atoms with E-state index < -0.39 is 17.7 Å². The molecule has 3 rings (SSSR count). The lowest BCUT2D eigenvalue weighted by molar-refractivity contribution is 0.0924. The van der Waals surface area contributed by atoms with Crippen LogP contribution in [-0.2, 0) is 4.74 Å². The Morgan fingerprint density at radius 1 is 1.36 bits per heavy atom. The number of aliphatic hydroxyl groups excluding tert-OH is 1. The molecule has 0 aliphatic carbocycles. The third-order valence-electron chi connectivity index (χ3n) is 4.54. The number of cyclic esters (lactones) is 1. The van der Waals surface area contributed by atoms with Crippen LogP contribution in [0.3, 0.4) is 0 Å². The van der Waals surface area contributed by atoms with Crippen LogP contribution in [0.25, 0.3) is 11.3 Å². The van der Waals surface area contributed by atoms with Gasteiger partial charge in [0, 0.05) is 29.6 Å². The molecule has 0 bridgehead atoms. The molecule has 7 heteroatoms. The van der Waals surface area contributed by atoms with Crippen molar-refractivity contribution in [2.24, 2.45) is 0 Å². The molecule has 1 aromatic carbocycles. The molecule has 1 atom stereocenters. The van der Waals surface area contributed by atoms with Gasteiger partial charge in [-0.25, -0.2) is 4.79 Å². The van der Waals surface area contributed by atoms with E-state index in [1.165, 1.54) is 0 Å².